The lowest BCUT2D eigenvalue weighted by atomic mass is 10.0. The highest BCUT2D eigenvalue weighted by Crippen LogP contribution is 2.19. The molecule has 0 amide bonds. The van der Waals surface area contributed by atoms with Crippen molar-refractivity contribution in [1.29, 1.82) is 0 Å². The minimum absolute atomic E-state index is 0.735. The molecule has 2 heterocycles. The Morgan fingerprint density at radius 2 is 2.15 bits per heavy atom. The predicted octanol–water partition coefficient (Wildman–Crippen LogP) is 1.79. The molecule has 2 aliphatic rings. The van der Waals surface area contributed by atoms with Gasteiger partial charge in [0, 0.05) is 31.4 Å². The summed E-state index contributed by atoms with van der Waals surface area (Å²) in [5.41, 5.74) is 1.07. The Kier molecular flexibility index (Phi) is 4.68. The van der Waals surface area contributed by atoms with Gasteiger partial charge in [0.1, 0.15) is 0 Å². The maximum atomic E-state index is 4.25. The van der Waals surface area contributed by atoms with E-state index in [4.69, 9.17) is 0 Å². The summed E-state index contributed by atoms with van der Waals surface area (Å²) in [4.78, 5) is 2.63. The van der Waals surface area contributed by atoms with E-state index in [0.717, 1.165) is 37.4 Å². The van der Waals surface area contributed by atoms with Crippen molar-refractivity contribution in [2.75, 3.05) is 13.1 Å². The van der Waals surface area contributed by atoms with Crippen LogP contribution >= 0.6 is 0 Å². The lowest BCUT2D eigenvalue weighted by molar-refractivity contribution is 0.137. The first kappa shape index (κ1) is 14.0. The first-order chi connectivity index (χ1) is 9.85. The summed E-state index contributed by atoms with van der Waals surface area (Å²) in [6.45, 7) is 6.50. The van der Waals surface area contributed by atoms with Gasteiger partial charge in [-0.3, -0.25) is 9.58 Å². The lowest BCUT2D eigenvalue weighted by Crippen LogP contribution is -2.40. The monoisotopic (exact) mass is 277 g/mol. The Labute approximate surface area is 121 Å². The molecule has 0 radical (unpaired) electrons. The van der Waals surface area contributed by atoms with Crippen molar-refractivity contribution in [2.24, 2.45) is 0 Å². The van der Waals surface area contributed by atoms with E-state index in [1.807, 2.05) is 4.68 Å². The van der Waals surface area contributed by atoms with Gasteiger partial charge in [-0.05, 0) is 38.6 Å². The minimum atomic E-state index is 0.735. The van der Waals surface area contributed by atoms with E-state index in [2.05, 4.69) is 33.6 Å². The second-order valence-corrected chi connectivity index (χ2v) is 6.22. The third-order valence-corrected chi connectivity index (χ3v) is 4.57. The van der Waals surface area contributed by atoms with Crippen molar-refractivity contribution in [3.8, 4) is 0 Å². The molecule has 1 aromatic rings. The Balaban J connectivity index is 1.44. The van der Waals surface area contributed by atoms with Crippen LogP contribution in [-0.4, -0.2) is 45.1 Å². The molecule has 3 rings (SSSR count). The van der Waals surface area contributed by atoms with Crippen LogP contribution in [-0.2, 0) is 13.1 Å². The lowest BCUT2D eigenvalue weighted by Gasteiger charge is -2.35. The van der Waals surface area contributed by atoms with Gasteiger partial charge in [0.25, 0.3) is 0 Å². The van der Waals surface area contributed by atoms with Crippen LogP contribution in [0.25, 0.3) is 0 Å². The molecule has 1 N–H and O–H groups in total. The van der Waals surface area contributed by atoms with E-state index in [9.17, 15) is 0 Å². The van der Waals surface area contributed by atoms with Gasteiger partial charge in [0.2, 0.25) is 0 Å². The number of nitrogens with one attached hydrogen (secondary N) is 1. The molecule has 112 valence electrons. The third-order valence-electron chi connectivity index (χ3n) is 4.57. The zero-order chi connectivity index (χ0) is 13.8. The first-order valence-corrected chi connectivity index (χ1v) is 8.21. The van der Waals surface area contributed by atoms with Crippen LogP contribution in [0.15, 0.2) is 6.20 Å². The Morgan fingerprint density at radius 1 is 1.25 bits per heavy atom. The molecule has 1 atom stereocenters. The van der Waals surface area contributed by atoms with Gasteiger partial charge in [-0.15, -0.1) is 5.10 Å². The molecule has 1 aliphatic heterocycles. The van der Waals surface area contributed by atoms with E-state index in [1.54, 1.807) is 0 Å². The van der Waals surface area contributed by atoms with Gasteiger partial charge in [0.15, 0.2) is 0 Å². The summed E-state index contributed by atoms with van der Waals surface area (Å²) >= 11 is 0. The zero-order valence-corrected chi connectivity index (χ0v) is 12.6. The molecule has 1 unspecified atom stereocenters. The molecular weight excluding hydrogens is 250 g/mol. The van der Waals surface area contributed by atoms with Crippen LogP contribution < -0.4 is 5.32 Å². The summed E-state index contributed by atoms with van der Waals surface area (Å²) in [6, 6.07) is 1.52. The normalized spacial score (nSPS) is 24.1. The van der Waals surface area contributed by atoms with Crippen LogP contribution in [0.4, 0.5) is 0 Å². The number of likely N-dealkylation sites (tertiary alicyclic amines) is 1. The van der Waals surface area contributed by atoms with Crippen molar-refractivity contribution < 1.29 is 0 Å². The molecule has 5 heteroatoms. The van der Waals surface area contributed by atoms with Gasteiger partial charge in [-0.1, -0.05) is 18.6 Å². The summed E-state index contributed by atoms with van der Waals surface area (Å²) in [7, 11) is 0. The number of nitrogens with zero attached hydrogens (tertiary/aromatic N) is 4. The average Bonchev–Trinajstić information content (AvgIpc) is 3.21. The van der Waals surface area contributed by atoms with Crippen molar-refractivity contribution in [3.05, 3.63) is 11.9 Å². The van der Waals surface area contributed by atoms with Gasteiger partial charge in [0.05, 0.1) is 12.2 Å². The van der Waals surface area contributed by atoms with Crippen LogP contribution in [0.2, 0.25) is 0 Å². The summed E-state index contributed by atoms with van der Waals surface area (Å²) < 4.78 is 2.01. The summed E-state index contributed by atoms with van der Waals surface area (Å²) in [5, 5.41) is 12.0. The topological polar surface area (TPSA) is 46.0 Å². The van der Waals surface area contributed by atoms with Crippen LogP contribution in [0.5, 0.6) is 0 Å². The molecule has 1 aliphatic carbocycles. The van der Waals surface area contributed by atoms with E-state index in [-0.39, 0.29) is 0 Å². The highest BCUT2D eigenvalue weighted by atomic mass is 15.4. The van der Waals surface area contributed by atoms with Crippen molar-refractivity contribution in [1.82, 2.24) is 25.2 Å². The second-order valence-electron chi connectivity index (χ2n) is 6.22. The van der Waals surface area contributed by atoms with E-state index < -0.39 is 0 Å². The smallest absolute Gasteiger partial charge is 0.0964 e. The molecule has 2 fully saturated rings. The molecular formula is C15H27N5. The molecule has 5 nitrogen and oxygen atoms in total. The quantitative estimate of drug-likeness (QED) is 0.825. The fourth-order valence-electron chi connectivity index (χ4n) is 3.11. The summed E-state index contributed by atoms with van der Waals surface area (Å²) in [6.07, 6.45) is 10.1. The molecule has 20 heavy (non-hydrogen) atoms. The van der Waals surface area contributed by atoms with Crippen LogP contribution in [0.1, 0.15) is 51.1 Å². The van der Waals surface area contributed by atoms with Crippen molar-refractivity contribution in [2.45, 2.75) is 70.6 Å². The first-order valence-electron chi connectivity index (χ1n) is 8.21. The predicted molar refractivity (Wildman–Crippen MR) is 79.4 cm³/mol. The van der Waals surface area contributed by atoms with E-state index >= 15 is 0 Å². The van der Waals surface area contributed by atoms with Gasteiger partial charge < -0.3 is 5.32 Å². The SMILES string of the molecule is CCC1CCCCN1CCn1cc(CNC2CC2)nn1. The Morgan fingerprint density at radius 3 is 2.95 bits per heavy atom. The van der Waals surface area contributed by atoms with Crippen molar-refractivity contribution in [3.63, 3.8) is 0 Å². The van der Waals surface area contributed by atoms with Crippen molar-refractivity contribution >= 4 is 0 Å². The number of piperidine rings is 1. The molecule has 0 spiro atoms. The highest BCUT2D eigenvalue weighted by molar-refractivity contribution is 4.94. The standard InChI is InChI=1S/C15H27N5/c1-2-15-5-3-4-8-19(15)9-10-20-12-14(17-18-20)11-16-13-6-7-13/h12-13,15-16H,2-11H2,1H3. The fraction of sp³-hybridized carbons (Fsp3) is 0.867. The third kappa shape index (κ3) is 3.79. The maximum absolute atomic E-state index is 4.25. The minimum Gasteiger partial charge on any atom is -0.308 e. The molecule has 1 saturated carbocycles. The molecule has 0 aromatic carbocycles. The van der Waals surface area contributed by atoms with E-state index in [0.29, 0.717) is 0 Å². The van der Waals surface area contributed by atoms with Crippen LogP contribution in [0, 0.1) is 0 Å². The summed E-state index contributed by atoms with van der Waals surface area (Å²) in [5.74, 6) is 0. The number of aromatic nitrogens is 3. The van der Waals surface area contributed by atoms with Crippen LogP contribution in [0.3, 0.4) is 0 Å². The second kappa shape index (κ2) is 6.68. The zero-order valence-electron chi connectivity index (χ0n) is 12.6. The largest absolute Gasteiger partial charge is 0.308 e. The van der Waals surface area contributed by atoms with Gasteiger partial charge >= 0.3 is 0 Å². The number of rotatable bonds is 7. The average molecular weight is 277 g/mol. The molecule has 1 saturated heterocycles. The maximum Gasteiger partial charge on any atom is 0.0964 e. The number of hydrogen-bond acceptors (Lipinski definition) is 4. The van der Waals surface area contributed by atoms with Gasteiger partial charge in [-0.2, -0.15) is 0 Å². The molecule has 1 aromatic heterocycles. The van der Waals surface area contributed by atoms with Gasteiger partial charge in [-0.25, -0.2) is 0 Å². The Hall–Kier alpha value is -0.940. The fourth-order valence-corrected chi connectivity index (χ4v) is 3.11. The Bertz CT molecular complexity index is 412. The molecule has 0 bridgehead atoms. The van der Waals surface area contributed by atoms with E-state index in [1.165, 1.54) is 45.1 Å². The highest BCUT2D eigenvalue weighted by Gasteiger charge is 2.21. The number of hydrogen-bond donors (Lipinski definition) is 1.